The van der Waals surface area contributed by atoms with Crippen LogP contribution in [0.25, 0.3) is 0 Å². The van der Waals surface area contributed by atoms with Gasteiger partial charge >= 0.3 is 230 Å². The molecule has 0 atom stereocenters. The molecule has 190 valence electrons. The Bertz CT molecular complexity index is 1390. The second-order valence-electron chi connectivity index (χ2n) is 7.83. The van der Waals surface area contributed by atoms with Crippen molar-refractivity contribution in [1.82, 2.24) is 0 Å². The molecule has 0 heterocycles. The monoisotopic (exact) mass is 640 g/mol. The van der Waals surface area contributed by atoms with Gasteiger partial charge in [0.05, 0.1) is 0 Å². The van der Waals surface area contributed by atoms with Crippen molar-refractivity contribution in [1.29, 1.82) is 0 Å². The molecule has 4 rings (SSSR count). The van der Waals surface area contributed by atoms with Crippen LogP contribution in [-0.4, -0.2) is 60.2 Å². The van der Waals surface area contributed by atoms with Gasteiger partial charge in [0.1, 0.15) is 0 Å². The first kappa shape index (κ1) is 26.9. The number of amides is 2. The predicted octanol–water partition coefficient (Wildman–Crippen LogP) is 2.86. The summed E-state index contributed by atoms with van der Waals surface area (Å²) in [6.07, 6.45) is 0. The van der Waals surface area contributed by atoms with Crippen LogP contribution in [0, 0.1) is 0 Å². The summed E-state index contributed by atoms with van der Waals surface area (Å²) in [7, 11) is 0. The number of carbonyl (C=O) groups is 4. The molecule has 0 bridgehead atoms. The first-order valence-corrected chi connectivity index (χ1v) is 17.2. The summed E-state index contributed by atoms with van der Waals surface area (Å²) in [6.45, 7) is 0. The molecule has 0 aliphatic rings. The van der Waals surface area contributed by atoms with Gasteiger partial charge in [0.25, 0.3) is 0 Å². The molecular formula is C28H20N2O6Se2. The van der Waals surface area contributed by atoms with Crippen LogP contribution in [0.5, 0.6) is 0 Å². The molecule has 0 unspecified atom stereocenters. The van der Waals surface area contributed by atoms with Gasteiger partial charge in [-0.25, -0.2) is 0 Å². The van der Waals surface area contributed by atoms with Crippen LogP contribution in [0.4, 0.5) is 11.4 Å². The van der Waals surface area contributed by atoms with Gasteiger partial charge in [-0.15, -0.1) is 0 Å². The van der Waals surface area contributed by atoms with Crippen LogP contribution in [0.2, 0.25) is 0 Å². The molecule has 0 spiro atoms. The van der Waals surface area contributed by atoms with Gasteiger partial charge < -0.3 is 0 Å². The first-order valence-electron chi connectivity index (χ1n) is 11.1. The molecule has 0 saturated heterocycles. The molecule has 4 aromatic carbocycles. The zero-order valence-corrected chi connectivity index (χ0v) is 23.0. The third kappa shape index (κ3) is 6.76. The van der Waals surface area contributed by atoms with Crippen molar-refractivity contribution in [3.8, 4) is 0 Å². The van der Waals surface area contributed by atoms with E-state index in [4.69, 9.17) is 10.2 Å². The molecule has 0 aromatic heterocycles. The van der Waals surface area contributed by atoms with E-state index in [9.17, 15) is 19.2 Å². The van der Waals surface area contributed by atoms with E-state index in [1.54, 1.807) is 48.5 Å². The molecule has 0 saturated carbocycles. The molecular weight excluding hydrogens is 618 g/mol. The normalized spacial score (nSPS) is 10.4. The summed E-state index contributed by atoms with van der Waals surface area (Å²) < 4.78 is 1.78. The van der Waals surface area contributed by atoms with Crippen molar-refractivity contribution in [2.24, 2.45) is 0 Å². The Balaban J connectivity index is 1.46. The zero-order valence-electron chi connectivity index (χ0n) is 19.6. The second kappa shape index (κ2) is 12.4. The first-order chi connectivity index (χ1) is 18.3. The fraction of sp³-hybridized carbons (Fsp3) is 0. The fourth-order valence-electron chi connectivity index (χ4n) is 3.33. The van der Waals surface area contributed by atoms with E-state index in [1.165, 1.54) is 24.3 Å². The maximum atomic E-state index is 13.0. The molecule has 0 aliphatic heterocycles. The number of carboxylic acids is 2. The Labute approximate surface area is 229 Å². The summed E-state index contributed by atoms with van der Waals surface area (Å²) in [4.78, 5) is 48.1. The SMILES string of the molecule is O=C(O)c1ccc(NC(=O)c2ccccc2[Se][Se]c2ccccc2C(=O)Nc2ccc(C(=O)O)cc2)cc1. The van der Waals surface area contributed by atoms with Gasteiger partial charge in [-0.1, -0.05) is 0 Å². The standard InChI is InChI=1S/C28H20N2O6Se2/c31-25(29-19-13-9-17(10-14-19)27(33)34)21-5-1-3-7-23(21)37-38-24-8-4-2-6-22(24)26(32)30-20-15-11-18(12-16-20)28(35)36/h1-16H,(H,29,31)(H,30,32)(H,33,34)(H,35,36). The number of aromatic carboxylic acids is 2. The molecule has 2 amide bonds. The Morgan fingerprint density at radius 1 is 0.500 bits per heavy atom. The van der Waals surface area contributed by atoms with Gasteiger partial charge in [0.15, 0.2) is 0 Å². The number of benzene rings is 4. The van der Waals surface area contributed by atoms with Crippen molar-refractivity contribution in [2.75, 3.05) is 10.6 Å². The Morgan fingerprint density at radius 2 is 0.842 bits per heavy atom. The minimum absolute atomic E-state index is 0.117. The van der Waals surface area contributed by atoms with Crippen LogP contribution < -0.4 is 19.6 Å². The summed E-state index contributed by atoms with van der Waals surface area (Å²) in [5, 5.41) is 23.7. The quantitative estimate of drug-likeness (QED) is 0.209. The molecule has 4 aromatic rings. The maximum absolute atomic E-state index is 13.0. The van der Waals surface area contributed by atoms with Crippen LogP contribution in [0.3, 0.4) is 0 Å². The van der Waals surface area contributed by atoms with E-state index < -0.39 is 11.9 Å². The number of carboxylic acid groups (broad SMARTS) is 2. The molecule has 0 aliphatic carbocycles. The Morgan fingerprint density at radius 3 is 1.18 bits per heavy atom. The third-order valence-corrected chi connectivity index (χ3v) is 12.5. The van der Waals surface area contributed by atoms with Crippen LogP contribution in [0.15, 0.2) is 97.1 Å². The average Bonchev–Trinajstić information content (AvgIpc) is 2.92. The van der Waals surface area contributed by atoms with Gasteiger partial charge in [0, 0.05) is 0 Å². The molecule has 0 radical (unpaired) electrons. The molecule has 8 nitrogen and oxygen atoms in total. The summed E-state index contributed by atoms with van der Waals surface area (Å²) in [5.74, 6) is -2.67. The van der Waals surface area contributed by atoms with E-state index >= 15 is 0 Å². The molecule has 38 heavy (non-hydrogen) atoms. The predicted molar refractivity (Wildman–Crippen MR) is 146 cm³/mol. The van der Waals surface area contributed by atoms with Gasteiger partial charge in [-0.05, 0) is 0 Å². The van der Waals surface area contributed by atoms with E-state index in [2.05, 4.69) is 10.6 Å². The van der Waals surface area contributed by atoms with Crippen LogP contribution in [0.1, 0.15) is 41.4 Å². The number of anilines is 2. The Kier molecular flexibility index (Phi) is 8.73. The van der Waals surface area contributed by atoms with Gasteiger partial charge in [0.2, 0.25) is 0 Å². The fourth-order valence-corrected chi connectivity index (χ4v) is 10.4. The minimum atomic E-state index is -1.04. The number of hydrogen-bond donors (Lipinski definition) is 4. The van der Waals surface area contributed by atoms with E-state index in [1.807, 2.05) is 24.3 Å². The van der Waals surface area contributed by atoms with Gasteiger partial charge in [-0.2, -0.15) is 0 Å². The molecule has 0 fully saturated rings. The van der Waals surface area contributed by atoms with Crippen molar-refractivity contribution in [2.45, 2.75) is 0 Å². The summed E-state index contributed by atoms with van der Waals surface area (Å²) in [5.41, 5.74) is 2.30. The summed E-state index contributed by atoms with van der Waals surface area (Å²) in [6, 6.07) is 26.5. The van der Waals surface area contributed by atoms with Crippen molar-refractivity contribution >= 4 is 70.3 Å². The van der Waals surface area contributed by atoms with E-state index in [0.29, 0.717) is 22.5 Å². The average molecular weight is 638 g/mol. The second-order valence-corrected chi connectivity index (χ2v) is 14.0. The number of carbonyl (C=O) groups excluding carboxylic acids is 2. The van der Waals surface area contributed by atoms with Crippen molar-refractivity contribution < 1.29 is 29.4 Å². The zero-order chi connectivity index (χ0) is 27.1. The molecule has 10 heteroatoms. The number of rotatable bonds is 9. The van der Waals surface area contributed by atoms with E-state index in [0.717, 1.165) is 8.92 Å². The van der Waals surface area contributed by atoms with Crippen LogP contribution in [-0.2, 0) is 0 Å². The number of nitrogens with one attached hydrogen (secondary N) is 2. The van der Waals surface area contributed by atoms with Crippen molar-refractivity contribution in [3.05, 3.63) is 119 Å². The van der Waals surface area contributed by atoms with Crippen molar-refractivity contribution in [3.63, 3.8) is 0 Å². The molecule has 4 N–H and O–H groups in total. The van der Waals surface area contributed by atoms with Crippen LogP contribution >= 0.6 is 0 Å². The summed E-state index contributed by atoms with van der Waals surface area (Å²) >= 11 is -0.235. The number of hydrogen-bond acceptors (Lipinski definition) is 4. The topological polar surface area (TPSA) is 133 Å². The van der Waals surface area contributed by atoms with E-state index in [-0.39, 0.29) is 49.2 Å². The van der Waals surface area contributed by atoms with Gasteiger partial charge in [-0.3, -0.25) is 0 Å². The Hall–Kier alpha value is -4.20. The third-order valence-electron chi connectivity index (χ3n) is 5.26.